The molecule has 0 aromatic heterocycles. The van der Waals surface area contributed by atoms with Gasteiger partial charge in [0, 0.05) is 11.3 Å². The zero-order chi connectivity index (χ0) is 21.6. The molecular weight excluding hydrogens is 387 g/mol. The first-order valence-corrected chi connectivity index (χ1v) is 9.47. The molecule has 0 radical (unpaired) electrons. The van der Waals surface area contributed by atoms with Gasteiger partial charge in [-0.25, -0.2) is 0 Å². The SMILES string of the molecule is CC[C@](C#Cc1ccccc1)(C(=O)Nc1ccc(C(F)(F)F)cc1)c1ccccc1. The number of carbonyl (C=O) groups excluding carboxylic acids is 1. The quantitative estimate of drug-likeness (QED) is 0.525. The van der Waals surface area contributed by atoms with E-state index in [9.17, 15) is 18.0 Å². The minimum atomic E-state index is -4.43. The molecule has 0 aliphatic heterocycles. The molecule has 5 heteroatoms. The lowest BCUT2D eigenvalue weighted by atomic mass is 9.77. The van der Waals surface area contributed by atoms with Crippen molar-refractivity contribution < 1.29 is 18.0 Å². The maximum absolute atomic E-state index is 13.3. The van der Waals surface area contributed by atoms with E-state index in [1.54, 1.807) is 0 Å². The van der Waals surface area contributed by atoms with Crippen molar-refractivity contribution in [2.45, 2.75) is 24.9 Å². The Morgan fingerprint density at radius 2 is 1.40 bits per heavy atom. The van der Waals surface area contributed by atoms with Gasteiger partial charge in [-0.15, -0.1) is 0 Å². The van der Waals surface area contributed by atoms with Gasteiger partial charge in [0.05, 0.1) is 5.56 Å². The number of alkyl halides is 3. The van der Waals surface area contributed by atoms with Gasteiger partial charge in [-0.3, -0.25) is 4.79 Å². The van der Waals surface area contributed by atoms with Crippen molar-refractivity contribution in [2.24, 2.45) is 0 Å². The van der Waals surface area contributed by atoms with Crippen LogP contribution in [0.15, 0.2) is 84.9 Å². The summed E-state index contributed by atoms with van der Waals surface area (Å²) in [6.45, 7) is 1.86. The molecule has 1 N–H and O–H groups in total. The van der Waals surface area contributed by atoms with Gasteiger partial charge < -0.3 is 5.32 Å². The van der Waals surface area contributed by atoms with Gasteiger partial charge in [0.2, 0.25) is 5.91 Å². The summed E-state index contributed by atoms with van der Waals surface area (Å²) < 4.78 is 38.4. The van der Waals surface area contributed by atoms with E-state index in [0.717, 1.165) is 23.3 Å². The van der Waals surface area contributed by atoms with Crippen LogP contribution in [0, 0.1) is 11.8 Å². The Kier molecular flexibility index (Phi) is 6.27. The van der Waals surface area contributed by atoms with Crippen molar-refractivity contribution in [1.82, 2.24) is 0 Å². The molecule has 3 rings (SSSR count). The van der Waals surface area contributed by atoms with E-state index in [4.69, 9.17) is 0 Å². The molecule has 0 aliphatic carbocycles. The van der Waals surface area contributed by atoms with Crippen LogP contribution in [0.5, 0.6) is 0 Å². The highest BCUT2D eigenvalue weighted by atomic mass is 19.4. The van der Waals surface area contributed by atoms with Crippen LogP contribution < -0.4 is 5.32 Å². The first-order valence-electron chi connectivity index (χ1n) is 9.47. The number of hydrogen-bond acceptors (Lipinski definition) is 1. The molecule has 0 heterocycles. The topological polar surface area (TPSA) is 29.1 Å². The summed E-state index contributed by atoms with van der Waals surface area (Å²) in [7, 11) is 0. The van der Waals surface area contributed by atoms with E-state index in [1.165, 1.54) is 12.1 Å². The third-order valence-corrected chi connectivity index (χ3v) is 4.85. The van der Waals surface area contributed by atoms with E-state index in [1.807, 2.05) is 67.6 Å². The van der Waals surface area contributed by atoms with E-state index in [0.29, 0.717) is 6.42 Å². The molecule has 30 heavy (non-hydrogen) atoms. The molecule has 0 aliphatic rings. The minimum Gasteiger partial charge on any atom is -0.324 e. The summed E-state index contributed by atoms with van der Waals surface area (Å²) in [5, 5.41) is 2.74. The Balaban J connectivity index is 1.97. The van der Waals surface area contributed by atoms with Crippen LogP contribution in [0.4, 0.5) is 18.9 Å². The number of anilines is 1. The predicted octanol–water partition coefficient (Wildman–Crippen LogP) is 6.04. The summed E-state index contributed by atoms with van der Waals surface area (Å²) in [5.74, 6) is 5.81. The number of hydrogen-bond donors (Lipinski definition) is 1. The van der Waals surface area contributed by atoms with Crippen molar-refractivity contribution in [2.75, 3.05) is 5.32 Å². The second-order valence-corrected chi connectivity index (χ2v) is 6.77. The van der Waals surface area contributed by atoms with Crippen LogP contribution >= 0.6 is 0 Å². The fourth-order valence-corrected chi connectivity index (χ4v) is 3.12. The Morgan fingerprint density at radius 1 is 0.833 bits per heavy atom. The van der Waals surface area contributed by atoms with Crippen molar-refractivity contribution in [3.63, 3.8) is 0 Å². The maximum Gasteiger partial charge on any atom is 0.416 e. The summed E-state index contributed by atoms with van der Waals surface area (Å²) in [6.07, 6.45) is -4.04. The molecule has 3 aromatic rings. The third kappa shape index (κ3) is 4.72. The monoisotopic (exact) mass is 407 g/mol. The molecule has 0 saturated heterocycles. The van der Waals surface area contributed by atoms with Crippen LogP contribution in [-0.4, -0.2) is 5.91 Å². The smallest absolute Gasteiger partial charge is 0.324 e. The van der Waals surface area contributed by atoms with Gasteiger partial charge in [-0.2, -0.15) is 13.2 Å². The second kappa shape index (κ2) is 8.87. The molecule has 0 fully saturated rings. The average Bonchev–Trinajstić information content (AvgIpc) is 2.76. The number of benzene rings is 3. The molecule has 152 valence electrons. The lowest BCUT2D eigenvalue weighted by molar-refractivity contribution is -0.137. The van der Waals surface area contributed by atoms with Gasteiger partial charge in [0.25, 0.3) is 0 Å². The van der Waals surface area contributed by atoms with Crippen molar-refractivity contribution in [1.29, 1.82) is 0 Å². The zero-order valence-electron chi connectivity index (χ0n) is 16.3. The zero-order valence-corrected chi connectivity index (χ0v) is 16.3. The number of halogens is 3. The maximum atomic E-state index is 13.3. The Morgan fingerprint density at radius 3 is 1.93 bits per heavy atom. The summed E-state index contributed by atoms with van der Waals surface area (Å²) in [5.41, 5.74) is -0.147. The number of amides is 1. The predicted molar refractivity (Wildman–Crippen MR) is 112 cm³/mol. The van der Waals surface area contributed by atoms with Gasteiger partial charge in [0.15, 0.2) is 0 Å². The fourth-order valence-electron chi connectivity index (χ4n) is 3.12. The molecule has 3 aromatic carbocycles. The summed E-state index contributed by atoms with van der Waals surface area (Å²) >= 11 is 0. The number of carbonyl (C=O) groups is 1. The molecular formula is C25H20F3NO. The molecule has 0 saturated carbocycles. The van der Waals surface area contributed by atoms with Crippen LogP contribution in [0.25, 0.3) is 0 Å². The number of nitrogens with one attached hydrogen (secondary N) is 1. The van der Waals surface area contributed by atoms with E-state index in [2.05, 4.69) is 17.2 Å². The Labute approximate surface area is 173 Å². The molecule has 0 unspecified atom stereocenters. The first kappa shape index (κ1) is 21.2. The summed E-state index contributed by atoms with van der Waals surface area (Å²) in [6, 6.07) is 22.9. The molecule has 0 spiro atoms. The van der Waals surface area contributed by atoms with E-state index >= 15 is 0 Å². The van der Waals surface area contributed by atoms with Crippen LogP contribution in [0.3, 0.4) is 0 Å². The Bertz CT molecular complexity index is 1050. The minimum absolute atomic E-state index is 0.281. The Hall–Kier alpha value is -3.52. The van der Waals surface area contributed by atoms with E-state index < -0.39 is 17.2 Å². The largest absolute Gasteiger partial charge is 0.416 e. The normalized spacial score (nSPS) is 12.9. The highest BCUT2D eigenvalue weighted by Crippen LogP contribution is 2.32. The van der Waals surface area contributed by atoms with Crippen LogP contribution in [0.2, 0.25) is 0 Å². The van der Waals surface area contributed by atoms with Gasteiger partial charge in [-0.1, -0.05) is 67.3 Å². The van der Waals surface area contributed by atoms with Crippen LogP contribution in [-0.2, 0) is 16.4 Å². The number of rotatable bonds is 4. The van der Waals surface area contributed by atoms with Gasteiger partial charge in [-0.05, 0) is 48.4 Å². The first-order chi connectivity index (χ1) is 14.3. The summed E-state index contributed by atoms with van der Waals surface area (Å²) in [4.78, 5) is 13.3. The van der Waals surface area contributed by atoms with Crippen molar-refractivity contribution in [3.8, 4) is 11.8 Å². The van der Waals surface area contributed by atoms with Crippen LogP contribution in [0.1, 0.15) is 30.0 Å². The highest BCUT2D eigenvalue weighted by Gasteiger charge is 2.37. The van der Waals surface area contributed by atoms with Crippen molar-refractivity contribution in [3.05, 3.63) is 102 Å². The second-order valence-electron chi connectivity index (χ2n) is 6.77. The third-order valence-electron chi connectivity index (χ3n) is 4.85. The van der Waals surface area contributed by atoms with Gasteiger partial charge >= 0.3 is 6.18 Å². The molecule has 1 amide bonds. The molecule has 2 nitrogen and oxygen atoms in total. The standard InChI is InChI=1S/C25H20F3NO/c1-2-24(20-11-7-4-8-12-20,18-17-19-9-5-3-6-10-19)23(30)29-22-15-13-21(14-16-22)25(26,27)28/h3-16H,2H2,1H3,(H,29,30)/t24-/m1/s1. The van der Waals surface area contributed by atoms with Crippen molar-refractivity contribution >= 4 is 11.6 Å². The average molecular weight is 407 g/mol. The highest BCUT2D eigenvalue weighted by molar-refractivity contribution is 6.01. The van der Waals surface area contributed by atoms with Gasteiger partial charge in [0.1, 0.15) is 5.41 Å². The lowest BCUT2D eigenvalue weighted by Crippen LogP contribution is -2.38. The van der Waals surface area contributed by atoms with E-state index in [-0.39, 0.29) is 11.6 Å². The molecule has 0 bridgehead atoms. The lowest BCUT2D eigenvalue weighted by Gasteiger charge is -2.27. The fraction of sp³-hybridized carbons (Fsp3) is 0.160. The molecule has 1 atom stereocenters.